The Morgan fingerprint density at radius 3 is 2.35 bits per heavy atom. The van der Waals surface area contributed by atoms with E-state index in [1.807, 2.05) is 58.0 Å². The number of thiophene rings is 1. The highest BCUT2D eigenvalue weighted by Gasteiger charge is 2.23. The third-order valence-corrected chi connectivity index (χ3v) is 6.75. The van der Waals surface area contributed by atoms with Crippen molar-refractivity contribution in [3.05, 3.63) is 93.1 Å². The molecule has 0 saturated carbocycles. The van der Waals surface area contributed by atoms with Crippen LogP contribution in [-0.2, 0) is 9.53 Å². The van der Waals surface area contributed by atoms with Gasteiger partial charge in [-0.2, -0.15) is 0 Å². The van der Waals surface area contributed by atoms with E-state index in [0.717, 1.165) is 37.9 Å². The van der Waals surface area contributed by atoms with Crippen LogP contribution in [0.3, 0.4) is 0 Å². The van der Waals surface area contributed by atoms with Crippen molar-refractivity contribution in [1.29, 1.82) is 0 Å². The van der Waals surface area contributed by atoms with Gasteiger partial charge >= 0.3 is 0 Å². The molecule has 3 aromatic carbocycles. The third-order valence-electron chi connectivity index (χ3n) is 5.62. The van der Waals surface area contributed by atoms with Crippen LogP contribution in [0.5, 0.6) is 17.2 Å². The van der Waals surface area contributed by atoms with Crippen LogP contribution in [-0.4, -0.2) is 17.4 Å². The SMILES string of the molecule is Cc1ccc(C(=O)c2sc3cc(O)ccc3c2Oc2cc(C)c(/C=C/OC=O)c(C)c2)c(C)c1. The van der Waals surface area contributed by atoms with Crippen LogP contribution < -0.4 is 4.74 Å². The fourth-order valence-corrected chi connectivity index (χ4v) is 5.13. The third kappa shape index (κ3) is 4.58. The molecule has 34 heavy (non-hydrogen) atoms. The zero-order valence-electron chi connectivity index (χ0n) is 19.3. The van der Waals surface area contributed by atoms with E-state index in [4.69, 9.17) is 4.74 Å². The first kappa shape index (κ1) is 23.3. The molecular weight excluding hydrogens is 448 g/mol. The van der Waals surface area contributed by atoms with Crippen LogP contribution in [0.1, 0.15) is 43.1 Å². The molecule has 1 heterocycles. The molecule has 0 aliphatic carbocycles. The van der Waals surface area contributed by atoms with Crippen LogP contribution in [0.25, 0.3) is 16.2 Å². The average Bonchev–Trinajstić information content (AvgIpc) is 3.12. The molecule has 1 aromatic heterocycles. The average molecular weight is 473 g/mol. The normalized spacial score (nSPS) is 11.2. The Morgan fingerprint density at radius 2 is 1.68 bits per heavy atom. The molecule has 0 saturated heterocycles. The summed E-state index contributed by atoms with van der Waals surface area (Å²) in [6, 6.07) is 14.5. The number of aryl methyl sites for hydroxylation is 4. The second-order valence-electron chi connectivity index (χ2n) is 8.20. The predicted molar refractivity (Wildman–Crippen MR) is 135 cm³/mol. The molecule has 0 bridgehead atoms. The lowest BCUT2D eigenvalue weighted by Gasteiger charge is -2.12. The van der Waals surface area contributed by atoms with Gasteiger partial charge in [0.2, 0.25) is 5.78 Å². The van der Waals surface area contributed by atoms with Gasteiger partial charge in [0.05, 0.1) is 6.26 Å². The minimum atomic E-state index is -0.118. The predicted octanol–water partition coefficient (Wildman–Crippen LogP) is 7.01. The summed E-state index contributed by atoms with van der Waals surface area (Å²) in [5.41, 5.74) is 5.39. The molecule has 0 aliphatic heterocycles. The summed E-state index contributed by atoms with van der Waals surface area (Å²) in [6.07, 6.45) is 3.06. The highest BCUT2D eigenvalue weighted by Crippen LogP contribution is 2.43. The fourth-order valence-electron chi connectivity index (χ4n) is 4.02. The number of aromatic hydroxyl groups is 1. The summed E-state index contributed by atoms with van der Waals surface area (Å²) in [7, 11) is 0. The molecule has 5 nitrogen and oxygen atoms in total. The molecule has 0 unspecified atom stereocenters. The lowest BCUT2D eigenvalue weighted by molar-refractivity contribution is -0.123. The highest BCUT2D eigenvalue weighted by atomic mass is 32.1. The number of phenolic OH excluding ortho intramolecular Hbond substituents is 1. The van der Waals surface area contributed by atoms with Gasteiger partial charge < -0.3 is 14.6 Å². The quantitative estimate of drug-likeness (QED) is 0.178. The van der Waals surface area contributed by atoms with Crippen LogP contribution in [0.2, 0.25) is 0 Å². The van der Waals surface area contributed by atoms with Gasteiger partial charge in [-0.15, -0.1) is 11.3 Å². The smallest absolute Gasteiger partial charge is 0.297 e. The largest absolute Gasteiger partial charge is 0.508 e. The van der Waals surface area contributed by atoms with Crippen molar-refractivity contribution in [2.45, 2.75) is 27.7 Å². The van der Waals surface area contributed by atoms with E-state index in [1.54, 1.807) is 24.3 Å². The molecule has 4 aromatic rings. The van der Waals surface area contributed by atoms with Gasteiger partial charge in [0.25, 0.3) is 6.47 Å². The lowest BCUT2D eigenvalue weighted by atomic mass is 10.0. The summed E-state index contributed by atoms with van der Waals surface area (Å²) in [5.74, 6) is 1.07. The Labute approximate surface area is 201 Å². The number of hydrogen-bond donors (Lipinski definition) is 1. The Bertz CT molecular complexity index is 1420. The van der Waals surface area contributed by atoms with E-state index in [2.05, 4.69) is 4.74 Å². The Morgan fingerprint density at radius 1 is 0.941 bits per heavy atom. The first-order chi connectivity index (χ1) is 16.3. The van der Waals surface area contributed by atoms with E-state index in [1.165, 1.54) is 17.6 Å². The standard InChI is InChI=1S/C28H24O5S/c1-16-5-7-23(17(2)11-16)26(31)28-27(24-8-6-20(30)14-25(24)34-28)33-21-12-18(3)22(19(4)13-21)9-10-32-15-29/h5-15,30H,1-4H3/b10-9+. The molecule has 0 atom stereocenters. The zero-order valence-corrected chi connectivity index (χ0v) is 20.2. The first-order valence-electron chi connectivity index (χ1n) is 10.7. The van der Waals surface area contributed by atoms with Gasteiger partial charge in [0.1, 0.15) is 16.4 Å². The minimum Gasteiger partial charge on any atom is -0.508 e. The lowest BCUT2D eigenvalue weighted by Crippen LogP contribution is -2.03. The molecule has 6 heteroatoms. The van der Waals surface area contributed by atoms with Crippen LogP contribution >= 0.6 is 11.3 Å². The zero-order chi connectivity index (χ0) is 24.4. The number of benzene rings is 3. The Balaban J connectivity index is 1.81. The molecule has 0 fully saturated rings. The number of hydrogen-bond acceptors (Lipinski definition) is 6. The van der Waals surface area contributed by atoms with E-state index >= 15 is 0 Å². The van der Waals surface area contributed by atoms with Gasteiger partial charge in [-0.25, -0.2) is 0 Å². The minimum absolute atomic E-state index is 0.118. The molecule has 172 valence electrons. The topological polar surface area (TPSA) is 72.8 Å². The van der Waals surface area contributed by atoms with E-state index in [-0.39, 0.29) is 11.5 Å². The van der Waals surface area contributed by atoms with E-state index in [9.17, 15) is 14.7 Å². The maximum Gasteiger partial charge on any atom is 0.297 e. The van der Waals surface area contributed by atoms with Crippen LogP contribution in [0.4, 0.5) is 0 Å². The van der Waals surface area contributed by atoms with Crippen LogP contribution in [0.15, 0.2) is 54.8 Å². The monoisotopic (exact) mass is 472 g/mol. The van der Waals surface area contributed by atoms with Gasteiger partial charge in [-0.1, -0.05) is 23.8 Å². The summed E-state index contributed by atoms with van der Waals surface area (Å²) in [6.45, 7) is 8.16. The molecular formula is C28H24O5S. The summed E-state index contributed by atoms with van der Waals surface area (Å²) < 4.78 is 11.8. The van der Waals surface area contributed by atoms with Crippen molar-refractivity contribution in [3.8, 4) is 17.2 Å². The molecule has 0 amide bonds. The molecule has 0 spiro atoms. The van der Waals surface area contributed by atoms with Gasteiger partial charge in [-0.3, -0.25) is 9.59 Å². The summed E-state index contributed by atoms with van der Waals surface area (Å²) in [4.78, 5) is 24.5. The van der Waals surface area contributed by atoms with Crippen molar-refractivity contribution < 1.29 is 24.2 Å². The maximum absolute atomic E-state index is 13.6. The second-order valence-corrected chi connectivity index (χ2v) is 9.25. The van der Waals surface area contributed by atoms with Crippen molar-refractivity contribution >= 4 is 39.8 Å². The number of ketones is 1. The van der Waals surface area contributed by atoms with Gasteiger partial charge in [0.15, 0.2) is 5.75 Å². The molecule has 1 N–H and O–H groups in total. The van der Waals surface area contributed by atoms with Gasteiger partial charge in [0, 0.05) is 15.6 Å². The van der Waals surface area contributed by atoms with Crippen molar-refractivity contribution in [1.82, 2.24) is 0 Å². The van der Waals surface area contributed by atoms with E-state index < -0.39 is 0 Å². The molecule has 4 rings (SSSR count). The number of fused-ring (bicyclic) bond motifs is 1. The summed E-state index contributed by atoms with van der Waals surface area (Å²) >= 11 is 1.30. The summed E-state index contributed by atoms with van der Waals surface area (Å²) in [5, 5.41) is 10.7. The number of carbonyl (C=O) groups excluding carboxylic acids is 2. The number of ether oxygens (including phenoxy) is 2. The highest BCUT2D eigenvalue weighted by molar-refractivity contribution is 7.21. The van der Waals surface area contributed by atoms with Crippen molar-refractivity contribution in [2.24, 2.45) is 0 Å². The Hall–Kier alpha value is -3.90. The fraction of sp³-hybridized carbons (Fsp3) is 0.143. The van der Waals surface area contributed by atoms with Crippen LogP contribution in [0, 0.1) is 27.7 Å². The van der Waals surface area contributed by atoms with Crippen molar-refractivity contribution in [3.63, 3.8) is 0 Å². The molecule has 0 aliphatic rings. The maximum atomic E-state index is 13.6. The van der Waals surface area contributed by atoms with E-state index in [0.29, 0.717) is 28.4 Å². The number of phenols is 1. The van der Waals surface area contributed by atoms with Gasteiger partial charge in [-0.05, 0) is 86.4 Å². The second kappa shape index (κ2) is 9.53. The first-order valence-corrected chi connectivity index (χ1v) is 11.5. The molecule has 0 radical (unpaired) electrons. The van der Waals surface area contributed by atoms with Crippen molar-refractivity contribution in [2.75, 3.05) is 0 Å². The number of rotatable bonds is 7. The Kier molecular flexibility index (Phi) is 6.52. The number of carbonyl (C=O) groups is 2.